The van der Waals surface area contributed by atoms with Crippen molar-refractivity contribution in [2.75, 3.05) is 20.2 Å². The zero-order valence-electron chi connectivity index (χ0n) is 59.5. The summed E-state index contributed by atoms with van der Waals surface area (Å²) in [5.74, 6) is -14.7. The number of carboxylic acids is 1. The zero-order valence-corrected chi connectivity index (χ0v) is 59.5. The van der Waals surface area contributed by atoms with Crippen molar-refractivity contribution in [3.05, 3.63) is 143 Å². The topological polar surface area (TPSA) is 535 Å². The summed E-state index contributed by atoms with van der Waals surface area (Å²) in [5, 5.41) is 188. The Morgan fingerprint density at radius 3 is 1.96 bits per heavy atom. The van der Waals surface area contributed by atoms with Crippen LogP contribution in [-0.4, -0.2) is 266 Å². The smallest absolute Gasteiger partial charge is 0.306 e. The van der Waals surface area contributed by atoms with Crippen molar-refractivity contribution in [2.24, 2.45) is 66.8 Å². The Kier molecular flexibility index (Phi) is 29.6. The van der Waals surface area contributed by atoms with E-state index in [2.05, 4.69) is 64.9 Å². The monoisotopic (exact) mass is 1470 g/mol. The average molecular weight is 1470 g/mol. The molecule has 2 aliphatic heterocycles. The summed E-state index contributed by atoms with van der Waals surface area (Å²) in [4.78, 5) is 81.5. The van der Waals surface area contributed by atoms with Crippen LogP contribution in [0.15, 0.2) is 170 Å². The minimum Gasteiger partial charge on any atom is -0.497 e. The molecule has 2 aliphatic rings. The van der Waals surface area contributed by atoms with E-state index in [1.54, 1.807) is 93.7 Å². The van der Waals surface area contributed by atoms with Crippen LogP contribution in [0.4, 0.5) is 0 Å². The van der Waals surface area contributed by atoms with Crippen molar-refractivity contribution in [1.29, 1.82) is 0 Å². The molecule has 7 rings (SSSR count). The van der Waals surface area contributed by atoms with Gasteiger partial charge in [0, 0.05) is 42.3 Å². The number of aliphatic hydroxyl groups excluding tert-OH is 15. The molecule has 1 fully saturated rings. The number of nitrogens with zero attached hydrogens (tertiary/aromatic N) is 13. The SMILES string of the molecule is CC=Cc1cccnc1C=CC(O)=NC1C(O)=NC(C)C(O)=NC(CC(=O)O)C(O)=NCC(O)=NC(C(O)c2ccccc2)C(=O)N2CCCC2C(O)=NC(C(O)c2ccc(OC)cc2)C(O)=NC(Cc2c[nH]c3ccccc23)C(O)=NC(O)C(O)=NC(CC(C)C)C(O)=NC(C(O)C(C)C)C(O)=NC1C. The van der Waals surface area contributed by atoms with E-state index < -0.39 is 181 Å². The predicted octanol–water partition coefficient (Wildman–Crippen LogP) is 8.07. The lowest BCUT2D eigenvalue weighted by atomic mass is 9.99. The van der Waals surface area contributed by atoms with E-state index in [0.717, 1.165) is 17.9 Å². The van der Waals surface area contributed by atoms with Gasteiger partial charge in [0.1, 0.15) is 54.7 Å². The normalized spacial score (nSPS) is 24.8. The van der Waals surface area contributed by atoms with Crippen LogP contribution in [0.25, 0.3) is 23.1 Å². The molecule has 106 heavy (non-hydrogen) atoms. The first kappa shape index (κ1) is 81.9. The van der Waals surface area contributed by atoms with Gasteiger partial charge < -0.3 is 96.3 Å². The number of rotatable bonds is 17. The number of para-hydroxylation sites is 1. The maximum absolute atomic E-state index is 15.0. The molecular formula is C73H92N14O19. The zero-order chi connectivity index (χ0) is 77.6. The highest BCUT2D eigenvalue weighted by atomic mass is 16.5. The molecule has 33 heteroatoms. The lowest BCUT2D eigenvalue weighted by molar-refractivity contribution is -0.137. The van der Waals surface area contributed by atoms with Crippen molar-refractivity contribution < 1.29 is 96.0 Å². The third-order valence-electron chi connectivity index (χ3n) is 17.1. The molecule has 5 aromatic rings. The van der Waals surface area contributed by atoms with E-state index in [0.29, 0.717) is 33.5 Å². The van der Waals surface area contributed by atoms with Crippen LogP contribution in [0, 0.1) is 11.8 Å². The highest BCUT2D eigenvalue weighted by molar-refractivity contribution is 5.98. The van der Waals surface area contributed by atoms with Crippen LogP contribution in [0.1, 0.15) is 114 Å². The number of aliphatic hydroxyl groups is 15. The van der Waals surface area contributed by atoms with Crippen LogP contribution in [0.2, 0.25) is 0 Å². The second-order valence-electron chi connectivity index (χ2n) is 25.8. The molecular weight excluding hydrogens is 1380 g/mol. The maximum Gasteiger partial charge on any atom is 0.306 e. The van der Waals surface area contributed by atoms with Gasteiger partial charge in [-0.05, 0) is 104 Å². The van der Waals surface area contributed by atoms with Gasteiger partial charge in [-0.15, -0.1) is 0 Å². The summed E-state index contributed by atoms with van der Waals surface area (Å²) in [6.45, 7) is 9.51. The molecule has 0 saturated carbocycles. The summed E-state index contributed by atoms with van der Waals surface area (Å²) in [7, 11) is 1.40. The van der Waals surface area contributed by atoms with E-state index in [-0.39, 0.29) is 49.3 Å². The lowest BCUT2D eigenvalue weighted by Gasteiger charge is -2.29. The number of carbonyl (C=O) groups is 2. The molecule has 4 heterocycles. The van der Waals surface area contributed by atoms with Crippen molar-refractivity contribution in [3.63, 3.8) is 0 Å². The minimum atomic E-state index is -2.48. The Labute approximate surface area is 610 Å². The van der Waals surface area contributed by atoms with Gasteiger partial charge in [-0.2, -0.15) is 0 Å². The Hall–Kier alpha value is -11.4. The summed E-state index contributed by atoms with van der Waals surface area (Å²) in [6.07, 6.45) is -0.317. The van der Waals surface area contributed by atoms with Gasteiger partial charge in [0.05, 0.1) is 31.4 Å². The number of ether oxygens (including phenoxy) is 1. The number of benzene rings is 3. The number of hydrogen-bond donors (Lipinski definition) is 17. The van der Waals surface area contributed by atoms with Gasteiger partial charge in [-0.25, -0.2) is 54.9 Å². The van der Waals surface area contributed by atoms with E-state index in [1.807, 2.05) is 0 Å². The fourth-order valence-corrected chi connectivity index (χ4v) is 11.4. The Balaban J connectivity index is 1.45. The fourth-order valence-electron chi connectivity index (χ4n) is 11.4. The first-order valence-corrected chi connectivity index (χ1v) is 34.0. The molecule has 1 amide bonds. The number of aliphatic imine (C=N–C) groups is 11. The van der Waals surface area contributed by atoms with Crippen LogP contribution >= 0.6 is 0 Å². The number of nitrogens with one attached hydrogen (secondary N) is 1. The van der Waals surface area contributed by atoms with E-state index >= 15 is 4.79 Å². The second-order valence-corrected chi connectivity index (χ2v) is 25.8. The number of carboxylic acid groups (broad SMARTS) is 1. The number of methoxy groups -OCH3 is 1. The quantitative estimate of drug-likeness (QED) is 0.0309. The molecule has 0 spiro atoms. The first-order valence-electron chi connectivity index (χ1n) is 34.0. The number of hydrogen-bond acceptors (Lipinski definition) is 19. The Morgan fingerprint density at radius 2 is 1.29 bits per heavy atom. The summed E-state index contributed by atoms with van der Waals surface area (Å²) >= 11 is 0. The van der Waals surface area contributed by atoms with Crippen molar-refractivity contribution in [2.45, 2.75) is 166 Å². The van der Waals surface area contributed by atoms with Gasteiger partial charge in [0.25, 0.3) is 5.91 Å². The van der Waals surface area contributed by atoms with Crippen molar-refractivity contribution >= 4 is 99.8 Å². The molecule has 0 aliphatic carbocycles. The number of fused-ring (bicyclic) bond motifs is 2. The molecule has 1 saturated heterocycles. The molecule has 17 N–H and O–H groups in total. The minimum absolute atomic E-state index is 0.0348. The lowest BCUT2D eigenvalue weighted by Crippen LogP contribution is -2.47. The number of carbonyl (C=O) groups excluding carboxylic acids is 1. The van der Waals surface area contributed by atoms with Gasteiger partial charge in [-0.1, -0.05) is 107 Å². The number of H-pyrrole nitrogens is 1. The number of aromatic nitrogens is 2. The molecule has 568 valence electrons. The summed E-state index contributed by atoms with van der Waals surface area (Å²) in [6, 6.07) is 6.10. The van der Waals surface area contributed by atoms with Crippen LogP contribution in [-0.2, 0) is 16.0 Å². The van der Waals surface area contributed by atoms with Crippen molar-refractivity contribution in [1.82, 2.24) is 14.9 Å². The molecule has 33 nitrogen and oxygen atoms in total. The third kappa shape index (κ3) is 22.3. The molecule has 3 aromatic carbocycles. The van der Waals surface area contributed by atoms with Crippen LogP contribution < -0.4 is 4.74 Å². The Bertz CT molecular complexity index is 4240. The van der Waals surface area contributed by atoms with Gasteiger partial charge in [0.2, 0.25) is 71.1 Å². The summed E-state index contributed by atoms with van der Waals surface area (Å²) in [5.41, 5.74) is 2.26. The molecule has 0 radical (unpaired) electrons. The molecule has 14 unspecified atom stereocenters. The largest absolute Gasteiger partial charge is 0.497 e. The molecule has 14 atom stereocenters. The number of amides is 1. The maximum atomic E-state index is 15.0. The van der Waals surface area contributed by atoms with Gasteiger partial charge >= 0.3 is 5.97 Å². The van der Waals surface area contributed by atoms with Crippen molar-refractivity contribution in [3.8, 4) is 5.75 Å². The molecule has 0 bridgehead atoms. The third-order valence-corrected chi connectivity index (χ3v) is 17.1. The molecule has 2 aromatic heterocycles. The highest BCUT2D eigenvalue weighted by Gasteiger charge is 2.42. The number of pyridine rings is 1. The standard InChI is InChI=1S/C73H92N14O19/c1-9-17-41-20-15-30-74-47(41)28-29-53(88)82-56-39(6)77-69(101)57(60(92)38(4)5)84-65(97)49(32-37(2)3)81-71(103)72(104)86-66(98)50(33-44-35-75-48-22-14-13-21-46(44)48)80-70(102)58(61(93)43-24-26-45(106-8)27-25-43)85-67(99)52-23-16-31-87(52)73(105)59(62(94)42-18-11-10-12-19-42)83-54(89)36-76-64(96)51(34-55(90)91)79-63(95)40(7)78-68(56)100/h9-15,17-22,24-30,35,37-40,49-52,56-62,72,75,92-94,104H,16,23,31-34,36H2,1-8H3,(H,76,96)(H,77,101)(H,78,100)(H,79,95)(H,80,102)(H,81,103)(H,82,88)(H,83,89)(H,84,97)(H,85,99)(H,86,98)(H,90,91). The highest BCUT2D eigenvalue weighted by Crippen LogP contribution is 2.30. The second kappa shape index (κ2) is 38.4. The van der Waals surface area contributed by atoms with Crippen LogP contribution in [0.3, 0.4) is 0 Å². The van der Waals surface area contributed by atoms with E-state index in [9.17, 15) is 86.5 Å². The Morgan fingerprint density at radius 1 is 0.660 bits per heavy atom. The summed E-state index contributed by atoms with van der Waals surface area (Å²) < 4.78 is 5.32. The van der Waals surface area contributed by atoms with Crippen LogP contribution in [0.5, 0.6) is 5.75 Å². The fraction of sp³-hybridized carbons (Fsp3) is 0.425. The number of aliphatic carboxylic acids is 1. The van der Waals surface area contributed by atoms with E-state index in [4.69, 9.17) is 4.74 Å². The predicted molar refractivity (Wildman–Crippen MR) is 404 cm³/mol. The van der Waals surface area contributed by atoms with Gasteiger partial charge in [-0.3, -0.25) is 14.6 Å². The first-order chi connectivity index (χ1) is 50.4. The number of aromatic amines is 1. The average Bonchev–Trinajstić information content (AvgIpc) is 1.83. The number of allylic oxidation sites excluding steroid dienone is 1. The van der Waals surface area contributed by atoms with Gasteiger partial charge in [0.15, 0.2) is 24.2 Å². The van der Waals surface area contributed by atoms with E-state index in [1.165, 1.54) is 76.6 Å².